The highest BCUT2D eigenvalue weighted by Crippen LogP contribution is 2.36. The summed E-state index contributed by atoms with van der Waals surface area (Å²) in [5, 5.41) is 0. The van der Waals surface area contributed by atoms with Crippen LogP contribution in [-0.2, 0) is 6.54 Å². The summed E-state index contributed by atoms with van der Waals surface area (Å²) in [6.45, 7) is 13.8. The number of aryl methyl sites for hydroxylation is 2. The van der Waals surface area contributed by atoms with Crippen molar-refractivity contribution in [1.82, 2.24) is 4.90 Å². The summed E-state index contributed by atoms with van der Waals surface area (Å²) < 4.78 is 13.2. The van der Waals surface area contributed by atoms with Gasteiger partial charge in [-0.05, 0) is 88.1 Å². The Morgan fingerprint density at radius 3 is 2.00 bits per heavy atom. The number of carbonyl (C=O) groups is 1. The van der Waals surface area contributed by atoms with Crippen LogP contribution in [0.3, 0.4) is 0 Å². The lowest BCUT2D eigenvalue weighted by molar-refractivity contribution is -0.938. The zero-order valence-corrected chi connectivity index (χ0v) is 31.2. The van der Waals surface area contributed by atoms with Crippen LogP contribution in [0.4, 0.5) is 0 Å². The molecule has 1 amide bonds. The van der Waals surface area contributed by atoms with E-state index in [4.69, 9.17) is 9.47 Å². The monoisotopic (exact) mass is 750 g/mol. The molecular formula is C39H48Br2N2O3. The average molecular weight is 753 g/mol. The molecule has 1 unspecified atom stereocenters. The number of methoxy groups -OCH3 is 2. The number of benzene rings is 4. The van der Waals surface area contributed by atoms with Crippen LogP contribution in [-0.4, -0.2) is 55.7 Å². The summed E-state index contributed by atoms with van der Waals surface area (Å²) in [6.07, 6.45) is 1.91. The van der Waals surface area contributed by atoms with Crippen LogP contribution in [0.2, 0.25) is 0 Å². The molecule has 4 rings (SSSR count). The summed E-state index contributed by atoms with van der Waals surface area (Å²) in [5.74, 6) is 1.32. The maximum Gasteiger partial charge on any atom is 0.254 e. The molecule has 0 radical (unpaired) electrons. The fourth-order valence-corrected chi connectivity index (χ4v) is 6.70. The lowest BCUT2D eigenvalue weighted by Gasteiger charge is -2.38. The van der Waals surface area contributed by atoms with Crippen LogP contribution in [0.5, 0.6) is 11.5 Å². The molecule has 0 fully saturated rings. The van der Waals surface area contributed by atoms with Gasteiger partial charge in [-0.15, -0.1) is 0 Å². The molecule has 5 nitrogen and oxygen atoms in total. The molecule has 4 aromatic rings. The van der Waals surface area contributed by atoms with Crippen LogP contribution in [0.25, 0.3) is 0 Å². The number of quaternary nitrogens is 1. The van der Waals surface area contributed by atoms with Gasteiger partial charge in [0, 0.05) is 22.1 Å². The zero-order chi connectivity index (χ0) is 32.4. The van der Waals surface area contributed by atoms with Crippen molar-refractivity contribution in [3.8, 4) is 11.5 Å². The minimum Gasteiger partial charge on any atom is -1.00 e. The molecule has 0 aromatic heterocycles. The van der Waals surface area contributed by atoms with E-state index >= 15 is 0 Å². The predicted molar refractivity (Wildman–Crippen MR) is 188 cm³/mol. The zero-order valence-electron chi connectivity index (χ0n) is 28.1. The van der Waals surface area contributed by atoms with E-state index in [1.54, 1.807) is 14.2 Å². The van der Waals surface area contributed by atoms with Gasteiger partial charge in [-0.2, -0.15) is 0 Å². The van der Waals surface area contributed by atoms with Gasteiger partial charge in [0.05, 0.1) is 39.9 Å². The second kappa shape index (κ2) is 17.7. The highest BCUT2D eigenvalue weighted by Gasteiger charge is 2.29. The third-order valence-corrected chi connectivity index (χ3v) is 9.45. The molecule has 46 heavy (non-hydrogen) atoms. The molecule has 0 aliphatic heterocycles. The summed E-state index contributed by atoms with van der Waals surface area (Å²) in [5.41, 5.74) is 6.74. The summed E-state index contributed by atoms with van der Waals surface area (Å²) in [7, 11) is 3.29. The Morgan fingerprint density at radius 1 is 0.783 bits per heavy atom. The van der Waals surface area contributed by atoms with Crippen molar-refractivity contribution in [3.05, 3.63) is 129 Å². The molecule has 0 bridgehead atoms. The molecule has 7 heteroatoms. The van der Waals surface area contributed by atoms with E-state index in [-0.39, 0.29) is 28.9 Å². The van der Waals surface area contributed by atoms with Crippen LogP contribution >= 0.6 is 15.9 Å². The molecule has 0 saturated carbocycles. The minimum atomic E-state index is -0.297. The topological polar surface area (TPSA) is 38.8 Å². The predicted octanol–water partition coefficient (Wildman–Crippen LogP) is 6.16. The first-order valence-electron chi connectivity index (χ1n) is 16.0. The Morgan fingerprint density at radius 2 is 1.41 bits per heavy atom. The number of rotatable bonds is 15. The van der Waals surface area contributed by atoms with Crippen molar-refractivity contribution in [3.63, 3.8) is 0 Å². The van der Waals surface area contributed by atoms with Gasteiger partial charge in [-0.25, -0.2) is 0 Å². The van der Waals surface area contributed by atoms with Crippen LogP contribution < -0.4 is 26.5 Å². The Hall–Kier alpha value is -3.13. The summed E-state index contributed by atoms with van der Waals surface area (Å²) in [4.78, 5) is 16.4. The first-order valence-corrected chi connectivity index (χ1v) is 16.8. The number of hydrogen-bond donors (Lipinski definition) is 0. The van der Waals surface area contributed by atoms with E-state index in [1.165, 1.54) is 16.7 Å². The number of ether oxygens (including phenoxy) is 2. The molecule has 246 valence electrons. The molecular weight excluding hydrogens is 704 g/mol. The first kappa shape index (κ1) is 37.3. The number of halogens is 2. The largest absolute Gasteiger partial charge is 1.00 e. The van der Waals surface area contributed by atoms with Gasteiger partial charge >= 0.3 is 0 Å². The summed E-state index contributed by atoms with van der Waals surface area (Å²) >= 11 is 3.53. The molecule has 0 saturated heterocycles. The maximum absolute atomic E-state index is 14.4. The van der Waals surface area contributed by atoms with Gasteiger partial charge in [0.15, 0.2) is 11.5 Å². The van der Waals surface area contributed by atoms with Crippen molar-refractivity contribution in [2.45, 2.75) is 53.1 Å². The second-order valence-electron chi connectivity index (χ2n) is 12.0. The van der Waals surface area contributed by atoms with Crippen molar-refractivity contribution < 1.29 is 35.7 Å². The van der Waals surface area contributed by atoms with Gasteiger partial charge in [-0.3, -0.25) is 4.79 Å². The lowest BCUT2D eigenvalue weighted by atomic mass is 9.95. The van der Waals surface area contributed by atoms with E-state index < -0.39 is 0 Å². The SMILES string of the molecule is CC[N+](CC)(CCCCN(C(=O)c1ccc(Br)cc1)C(c1ccccc1)c1ccc(OC)c(OC)c1)Cc1cc(C)cc(C)c1.[Br-]. The highest BCUT2D eigenvalue weighted by atomic mass is 79.9. The smallest absolute Gasteiger partial charge is 0.254 e. The first-order chi connectivity index (χ1) is 21.7. The second-order valence-corrected chi connectivity index (χ2v) is 12.9. The standard InChI is InChI=1S/C39H48BrN2O3.BrH/c1-7-42(8-2,28-31-25-29(3)24-30(4)26-31)23-13-12-22-41(39(43)33-16-19-35(40)20-17-33)38(32-14-10-9-11-15-32)34-18-21-36(44-5)37(27-34)45-6;/h9-11,14-21,24-27,38H,7-8,12-13,22-23,28H2,1-6H3;1H/q+1;/p-1. The minimum absolute atomic E-state index is 0. The van der Waals surface area contributed by atoms with Crippen LogP contribution in [0, 0.1) is 13.8 Å². The van der Waals surface area contributed by atoms with Crippen molar-refractivity contribution in [1.29, 1.82) is 0 Å². The van der Waals surface area contributed by atoms with Crippen LogP contribution in [0.15, 0.2) is 95.5 Å². The maximum atomic E-state index is 14.4. The highest BCUT2D eigenvalue weighted by molar-refractivity contribution is 9.10. The van der Waals surface area contributed by atoms with Crippen molar-refractivity contribution in [2.24, 2.45) is 0 Å². The number of amides is 1. The Bertz CT molecular complexity index is 1520. The van der Waals surface area contributed by atoms with Crippen LogP contribution in [0.1, 0.15) is 70.9 Å². The van der Waals surface area contributed by atoms with E-state index in [2.05, 4.69) is 74.0 Å². The Kier molecular flexibility index (Phi) is 14.4. The third-order valence-electron chi connectivity index (χ3n) is 8.92. The quantitative estimate of drug-likeness (QED) is 0.108. The average Bonchev–Trinajstić information content (AvgIpc) is 3.05. The molecule has 0 aliphatic carbocycles. The number of hydrogen-bond acceptors (Lipinski definition) is 3. The van der Waals surface area contributed by atoms with Gasteiger partial charge < -0.3 is 35.8 Å². The summed E-state index contributed by atoms with van der Waals surface area (Å²) in [6, 6.07) is 30.5. The van der Waals surface area contributed by atoms with Gasteiger partial charge in [0.25, 0.3) is 5.91 Å². The van der Waals surface area contributed by atoms with Gasteiger partial charge in [0.2, 0.25) is 0 Å². The molecule has 4 aromatic carbocycles. The van der Waals surface area contributed by atoms with Crippen molar-refractivity contribution >= 4 is 21.8 Å². The molecule has 0 N–H and O–H groups in total. The third kappa shape index (κ3) is 9.46. The van der Waals surface area contributed by atoms with Gasteiger partial charge in [-0.1, -0.05) is 81.7 Å². The molecule has 0 aliphatic rings. The van der Waals surface area contributed by atoms with Gasteiger partial charge in [0.1, 0.15) is 6.54 Å². The normalized spacial score (nSPS) is 11.8. The fraction of sp³-hybridized carbons (Fsp3) is 0.359. The molecule has 0 heterocycles. The molecule has 0 spiro atoms. The fourth-order valence-electron chi connectivity index (χ4n) is 6.44. The van der Waals surface area contributed by atoms with E-state index in [0.717, 1.165) is 59.1 Å². The lowest BCUT2D eigenvalue weighted by Crippen LogP contribution is -3.00. The number of unbranched alkanes of at least 4 members (excludes halogenated alkanes) is 1. The number of carbonyl (C=O) groups excluding carboxylic acids is 1. The Balaban J connectivity index is 0.00000576. The van der Waals surface area contributed by atoms with E-state index in [9.17, 15) is 4.79 Å². The van der Waals surface area contributed by atoms with Crippen molar-refractivity contribution in [2.75, 3.05) is 40.4 Å². The molecule has 1 atom stereocenters. The number of nitrogens with zero attached hydrogens (tertiary/aromatic N) is 2. The van der Waals surface area contributed by atoms with E-state index in [0.29, 0.717) is 23.6 Å². The Labute approximate surface area is 295 Å². The van der Waals surface area contributed by atoms with E-state index in [1.807, 2.05) is 65.6 Å².